The van der Waals surface area contributed by atoms with E-state index in [4.69, 9.17) is 4.74 Å². The lowest BCUT2D eigenvalue weighted by Gasteiger charge is -2.36. The van der Waals surface area contributed by atoms with E-state index in [2.05, 4.69) is 16.1 Å². The van der Waals surface area contributed by atoms with Gasteiger partial charge in [0, 0.05) is 43.6 Å². The number of rotatable bonds is 5. The summed E-state index contributed by atoms with van der Waals surface area (Å²) in [6.07, 6.45) is 1.78. The molecule has 2 heterocycles. The summed E-state index contributed by atoms with van der Waals surface area (Å²) < 4.78 is 7.62. The molecule has 2 aromatic carbocycles. The van der Waals surface area contributed by atoms with Crippen molar-refractivity contribution in [1.29, 1.82) is 0 Å². The molecule has 6 heteroatoms. The third kappa shape index (κ3) is 3.97. The van der Waals surface area contributed by atoms with E-state index in [1.54, 1.807) is 6.20 Å². The molecule has 1 saturated heterocycles. The minimum Gasteiger partial charge on any atom is -0.492 e. The van der Waals surface area contributed by atoms with E-state index < -0.39 is 0 Å². The zero-order valence-corrected chi connectivity index (χ0v) is 16.9. The molecule has 29 heavy (non-hydrogen) atoms. The number of benzene rings is 2. The van der Waals surface area contributed by atoms with Crippen molar-refractivity contribution < 1.29 is 9.53 Å². The smallest absolute Gasteiger partial charge is 0.253 e. The summed E-state index contributed by atoms with van der Waals surface area (Å²) in [5.74, 6) is 0.978. The van der Waals surface area contributed by atoms with Crippen LogP contribution in [0.15, 0.2) is 60.8 Å². The predicted molar refractivity (Wildman–Crippen MR) is 114 cm³/mol. The molecule has 0 N–H and O–H groups in total. The standard InChI is InChI=1S/C23H26N4O2/c1-3-29-22-7-5-4-6-21(22)25-14-16-26(17-15-25)23(28)19-8-10-20(11-9-19)27-18(2)12-13-24-27/h4-13H,3,14-17H2,1-2H3. The maximum absolute atomic E-state index is 12.9. The average molecular weight is 390 g/mol. The third-order valence-corrected chi connectivity index (χ3v) is 5.26. The second-order valence-electron chi connectivity index (χ2n) is 7.11. The van der Waals surface area contributed by atoms with Crippen LogP contribution in [0.3, 0.4) is 0 Å². The van der Waals surface area contributed by atoms with Gasteiger partial charge in [-0.3, -0.25) is 4.79 Å². The summed E-state index contributed by atoms with van der Waals surface area (Å²) in [4.78, 5) is 17.2. The number of carbonyl (C=O) groups excluding carboxylic acids is 1. The van der Waals surface area contributed by atoms with Gasteiger partial charge in [0.05, 0.1) is 18.0 Å². The van der Waals surface area contributed by atoms with E-state index in [9.17, 15) is 4.79 Å². The van der Waals surface area contributed by atoms with Crippen LogP contribution in [-0.2, 0) is 0 Å². The summed E-state index contributed by atoms with van der Waals surface area (Å²) in [7, 11) is 0. The Labute approximate surface area is 171 Å². The minimum atomic E-state index is 0.0754. The fourth-order valence-corrected chi connectivity index (χ4v) is 3.71. The van der Waals surface area contributed by atoms with Gasteiger partial charge in [0.2, 0.25) is 0 Å². The number of para-hydroxylation sites is 2. The highest BCUT2D eigenvalue weighted by atomic mass is 16.5. The van der Waals surface area contributed by atoms with Crippen LogP contribution in [0.25, 0.3) is 5.69 Å². The number of ether oxygens (including phenoxy) is 1. The Morgan fingerprint density at radius 1 is 1.00 bits per heavy atom. The quantitative estimate of drug-likeness (QED) is 0.669. The number of hydrogen-bond donors (Lipinski definition) is 0. The van der Waals surface area contributed by atoms with Crippen LogP contribution in [0.1, 0.15) is 23.0 Å². The minimum absolute atomic E-state index is 0.0754. The number of aryl methyl sites for hydroxylation is 1. The molecule has 1 amide bonds. The Hall–Kier alpha value is -3.28. The lowest BCUT2D eigenvalue weighted by molar-refractivity contribution is 0.0746. The van der Waals surface area contributed by atoms with Gasteiger partial charge in [-0.05, 0) is 56.3 Å². The second-order valence-corrected chi connectivity index (χ2v) is 7.11. The Morgan fingerprint density at radius 2 is 1.72 bits per heavy atom. The van der Waals surface area contributed by atoms with Crippen LogP contribution in [-0.4, -0.2) is 53.4 Å². The first-order valence-corrected chi connectivity index (χ1v) is 10.0. The van der Waals surface area contributed by atoms with Gasteiger partial charge >= 0.3 is 0 Å². The van der Waals surface area contributed by atoms with Crippen LogP contribution < -0.4 is 9.64 Å². The largest absolute Gasteiger partial charge is 0.492 e. The molecule has 1 aliphatic heterocycles. The Kier molecular flexibility index (Phi) is 5.51. The number of carbonyl (C=O) groups is 1. The number of amides is 1. The molecule has 0 saturated carbocycles. The van der Waals surface area contributed by atoms with Gasteiger partial charge in [-0.1, -0.05) is 12.1 Å². The van der Waals surface area contributed by atoms with Crippen LogP contribution in [0, 0.1) is 6.92 Å². The Morgan fingerprint density at radius 3 is 2.38 bits per heavy atom. The molecule has 1 fully saturated rings. The monoisotopic (exact) mass is 390 g/mol. The van der Waals surface area contributed by atoms with Crippen molar-refractivity contribution in [2.45, 2.75) is 13.8 Å². The molecule has 0 radical (unpaired) electrons. The predicted octanol–water partition coefficient (Wildman–Crippen LogP) is 3.54. The third-order valence-electron chi connectivity index (χ3n) is 5.26. The maximum Gasteiger partial charge on any atom is 0.253 e. The zero-order chi connectivity index (χ0) is 20.2. The molecular weight excluding hydrogens is 364 g/mol. The first kappa shape index (κ1) is 19.1. The fraction of sp³-hybridized carbons (Fsp3) is 0.304. The SMILES string of the molecule is CCOc1ccccc1N1CCN(C(=O)c2ccc(-n3nccc3C)cc2)CC1. The van der Waals surface area contributed by atoms with Crippen LogP contribution >= 0.6 is 0 Å². The van der Waals surface area contributed by atoms with Crippen LogP contribution in [0.4, 0.5) is 5.69 Å². The molecular formula is C23H26N4O2. The molecule has 1 aliphatic rings. The fourth-order valence-electron chi connectivity index (χ4n) is 3.71. The topological polar surface area (TPSA) is 50.6 Å². The highest BCUT2D eigenvalue weighted by Gasteiger charge is 2.23. The lowest BCUT2D eigenvalue weighted by atomic mass is 10.1. The van der Waals surface area contributed by atoms with Crippen molar-refractivity contribution in [3.05, 3.63) is 72.1 Å². The van der Waals surface area contributed by atoms with Crippen LogP contribution in [0.5, 0.6) is 5.75 Å². The highest BCUT2D eigenvalue weighted by Crippen LogP contribution is 2.29. The molecule has 0 bridgehead atoms. The molecule has 0 unspecified atom stereocenters. The van der Waals surface area contributed by atoms with E-state index in [-0.39, 0.29) is 5.91 Å². The van der Waals surface area contributed by atoms with E-state index >= 15 is 0 Å². The summed E-state index contributed by atoms with van der Waals surface area (Å²) >= 11 is 0. The van der Waals surface area contributed by atoms with Crippen molar-refractivity contribution in [3.8, 4) is 11.4 Å². The number of hydrogen-bond acceptors (Lipinski definition) is 4. The average Bonchev–Trinajstić information content (AvgIpc) is 3.20. The van der Waals surface area contributed by atoms with Crippen molar-refractivity contribution in [1.82, 2.24) is 14.7 Å². The summed E-state index contributed by atoms with van der Waals surface area (Å²) in [5.41, 5.74) is 3.83. The van der Waals surface area contributed by atoms with Crippen LogP contribution in [0.2, 0.25) is 0 Å². The summed E-state index contributed by atoms with van der Waals surface area (Å²) in [5, 5.41) is 4.31. The molecule has 0 aliphatic carbocycles. The molecule has 4 rings (SSSR count). The normalized spacial score (nSPS) is 14.1. The molecule has 3 aromatic rings. The Balaban J connectivity index is 1.41. The number of nitrogens with zero attached hydrogens (tertiary/aromatic N) is 4. The van der Waals surface area contributed by atoms with Gasteiger partial charge in [0.15, 0.2) is 0 Å². The highest BCUT2D eigenvalue weighted by molar-refractivity contribution is 5.94. The van der Waals surface area contributed by atoms with E-state index in [0.717, 1.165) is 35.9 Å². The van der Waals surface area contributed by atoms with Crippen molar-refractivity contribution in [2.24, 2.45) is 0 Å². The maximum atomic E-state index is 12.9. The lowest BCUT2D eigenvalue weighted by Crippen LogP contribution is -2.48. The second kappa shape index (κ2) is 8.39. The Bertz CT molecular complexity index is 973. The number of aromatic nitrogens is 2. The molecule has 0 spiro atoms. The molecule has 6 nitrogen and oxygen atoms in total. The molecule has 150 valence electrons. The van der Waals surface area contributed by atoms with Gasteiger partial charge in [-0.15, -0.1) is 0 Å². The summed E-state index contributed by atoms with van der Waals surface area (Å²) in [6.45, 7) is 7.62. The van der Waals surface area contributed by atoms with E-state index in [0.29, 0.717) is 25.3 Å². The number of anilines is 1. The number of piperazine rings is 1. The summed E-state index contributed by atoms with van der Waals surface area (Å²) in [6, 6.07) is 17.7. The van der Waals surface area contributed by atoms with Gasteiger partial charge < -0.3 is 14.5 Å². The van der Waals surface area contributed by atoms with E-state index in [1.165, 1.54) is 0 Å². The van der Waals surface area contributed by atoms with Gasteiger partial charge in [0.1, 0.15) is 5.75 Å². The first-order chi connectivity index (χ1) is 14.2. The van der Waals surface area contributed by atoms with Gasteiger partial charge in [-0.2, -0.15) is 5.10 Å². The van der Waals surface area contributed by atoms with E-state index in [1.807, 2.05) is 72.0 Å². The van der Waals surface area contributed by atoms with Crippen molar-refractivity contribution in [3.63, 3.8) is 0 Å². The first-order valence-electron chi connectivity index (χ1n) is 10.0. The molecule has 0 atom stereocenters. The van der Waals surface area contributed by atoms with Crippen molar-refractivity contribution >= 4 is 11.6 Å². The molecule has 1 aromatic heterocycles. The van der Waals surface area contributed by atoms with Crippen molar-refractivity contribution in [2.75, 3.05) is 37.7 Å². The van der Waals surface area contributed by atoms with Gasteiger partial charge in [-0.25, -0.2) is 4.68 Å². The van der Waals surface area contributed by atoms with Gasteiger partial charge in [0.25, 0.3) is 5.91 Å². The zero-order valence-electron chi connectivity index (χ0n) is 16.9.